The first-order valence-corrected chi connectivity index (χ1v) is 13.8. The van der Waals surface area contributed by atoms with Crippen LogP contribution in [-0.4, -0.2) is 56.2 Å². The number of carbonyl (C=O) groups excluding carboxylic acids is 1. The predicted octanol–water partition coefficient (Wildman–Crippen LogP) is 3.41. The minimum atomic E-state index is -0.146. The first-order valence-electron chi connectivity index (χ1n) is 13.5. The van der Waals surface area contributed by atoms with Gasteiger partial charge in [-0.1, -0.05) is 18.2 Å². The van der Waals surface area contributed by atoms with Gasteiger partial charge >= 0.3 is 0 Å². The number of carbonyl (C=O) groups is 1. The number of nitrogens with one attached hydrogen (secondary N) is 1. The van der Waals surface area contributed by atoms with Crippen LogP contribution in [0.5, 0.6) is 0 Å². The number of nitrogen functional groups attached to an aromatic ring is 1. The highest BCUT2D eigenvalue weighted by molar-refractivity contribution is 6.35. The van der Waals surface area contributed by atoms with Crippen molar-refractivity contribution in [3.63, 3.8) is 0 Å². The van der Waals surface area contributed by atoms with Crippen molar-refractivity contribution in [1.82, 2.24) is 24.5 Å². The molecule has 1 saturated heterocycles. The monoisotopic (exact) mass is 560 g/mol. The van der Waals surface area contributed by atoms with E-state index in [9.17, 15) is 9.59 Å². The van der Waals surface area contributed by atoms with Gasteiger partial charge in [-0.15, -0.1) is 0 Å². The topological polar surface area (TPSA) is 126 Å². The Balaban J connectivity index is 1.43. The molecule has 2 aromatic heterocycles. The zero-order valence-electron chi connectivity index (χ0n) is 23.0. The number of benzene rings is 1. The maximum absolute atomic E-state index is 12.4. The van der Waals surface area contributed by atoms with E-state index in [2.05, 4.69) is 21.3 Å². The number of aromatic nitrogens is 4. The molecule has 4 heterocycles. The van der Waals surface area contributed by atoms with Crippen LogP contribution in [0.2, 0.25) is 5.02 Å². The van der Waals surface area contributed by atoms with Crippen LogP contribution in [-0.2, 0) is 24.8 Å². The average Bonchev–Trinajstić information content (AvgIpc) is 3.20. The van der Waals surface area contributed by atoms with Gasteiger partial charge in [0.15, 0.2) is 5.82 Å². The summed E-state index contributed by atoms with van der Waals surface area (Å²) in [7, 11) is 1.67. The molecule has 0 radical (unpaired) electrons. The number of rotatable bonds is 5. The lowest BCUT2D eigenvalue weighted by Gasteiger charge is -2.58. The van der Waals surface area contributed by atoms with Crippen molar-refractivity contribution < 1.29 is 4.79 Å². The van der Waals surface area contributed by atoms with Gasteiger partial charge in [0.25, 0.3) is 5.56 Å². The molecule has 3 N–H and O–H groups in total. The number of halogens is 1. The molecule has 6 rings (SSSR count). The van der Waals surface area contributed by atoms with Crippen LogP contribution in [0.3, 0.4) is 0 Å². The lowest BCUT2D eigenvalue weighted by molar-refractivity contribution is -0.149. The van der Waals surface area contributed by atoms with E-state index in [0.717, 1.165) is 59.8 Å². The third-order valence-electron chi connectivity index (χ3n) is 8.80. The standard InChI is InChI=1S/C29H33ClN8O2/c1-5-23(39)37-14-29(15-37)10-19(11-29)38-17(3)25(26-20(12-31)21(32)8-16(2)27(26)30)28(34-38)36-7-6-22-18(13-36)9-24(40)35(4)33-22/h5,8-9,12,19,31H,1,6-7,10-11,13-15,32H2,2-4H3. The van der Waals surface area contributed by atoms with Crippen molar-refractivity contribution >= 4 is 35.2 Å². The number of anilines is 2. The zero-order chi connectivity index (χ0) is 28.5. The molecule has 11 heteroatoms. The highest BCUT2D eigenvalue weighted by atomic mass is 35.5. The maximum atomic E-state index is 12.4. The van der Waals surface area contributed by atoms with E-state index in [1.165, 1.54) is 17.0 Å². The highest BCUT2D eigenvalue weighted by Crippen LogP contribution is 2.55. The summed E-state index contributed by atoms with van der Waals surface area (Å²) in [4.78, 5) is 28.4. The molecule has 0 unspecified atom stereocenters. The van der Waals surface area contributed by atoms with Gasteiger partial charge in [0.05, 0.1) is 16.8 Å². The summed E-state index contributed by atoms with van der Waals surface area (Å²) >= 11 is 6.94. The molecule has 3 aliphatic rings. The largest absolute Gasteiger partial charge is 0.398 e. The zero-order valence-corrected chi connectivity index (χ0v) is 23.8. The first-order chi connectivity index (χ1) is 19.1. The molecule has 2 fully saturated rings. The average molecular weight is 561 g/mol. The first kappa shape index (κ1) is 26.3. The number of hydrogen-bond acceptors (Lipinski definition) is 7. The Morgan fingerprint density at radius 2 is 1.95 bits per heavy atom. The second-order valence-electron chi connectivity index (χ2n) is 11.5. The van der Waals surface area contributed by atoms with Crippen LogP contribution in [0.4, 0.5) is 11.5 Å². The number of nitrogens with two attached hydrogens (primary N) is 1. The van der Waals surface area contributed by atoms with E-state index in [0.29, 0.717) is 41.3 Å². The van der Waals surface area contributed by atoms with Crippen molar-refractivity contribution in [2.45, 2.75) is 45.7 Å². The Labute approximate surface area is 237 Å². The van der Waals surface area contributed by atoms with Gasteiger partial charge < -0.3 is 20.9 Å². The molecule has 0 bridgehead atoms. The van der Waals surface area contributed by atoms with Crippen LogP contribution in [0.25, 0.3) is 11.1 Å². The third kappa shape index (κ3) is 3.96. The van der Waals surface area contributed by atoms with E-state index in [-0.39, 0.29) is 22.9 Å². The fourth-order valence-electron chi connectivity index (χ4n) is 6.70. The van der Waals surface area contributed by atoms with E-state index < -0.39 is 0 Å². The van der Waals surface area contributed by atoms with Crippen LogP contribution in [0, 0.1) is 24.7 Å². The van der Waals surface area contributed by atoms with E-state index >= 15 is 0 Å². The number of likely N-dealkylation sites (tertiary alicyclic amines) is 1. The van der Waals surface area contributed by atoms with Gasteiger partial charge in [-0.3, -0.25) is 14.3 Å². The van der Waals surface area contributed by atoms with Crippen molar-refractivity contribution in [1.29, 1.82) is 5.41 Å². The van der Waals surface area contributed by atoms with Crippen molar-refractivity contribution in [2.75, 3.05) is 30.3 Å². The molecule has 2 aliphatic heterocycles. The van der Waals surface area contributed by atoms with E-state index in [1.807, 2.05) is 18.7 Å². The van der Waals surface area contributed by atoms with E-state index in [1.54, 1.807) is 19.2 Å². The number of fused-ring (bicyclic) bond motifs is 1. The second kappa shape index (κ2) is 9.33. The van der Waals surface area contributed by atoms with Crippen molar-refractivity contribution in [2.24, 2.45) is 12.5 Å². The Bertz CT molecular complexity index is 1640. The normalized spacial score (nSPS) is 17.8. The summed E-state index contributed by atoms with van der Waals surface area (Å²) in [5.74, 6) is 0.742. The summed E-state index contributed by atoms with van der Waals surface area (Å²) in [5.41, 5.74) is 12.6. The van der Waals surface area contributed by atoms with E-state index in [4.69, 9.17) is 27.8 Å². The summed E-state index contributed by atoms with van der Waals surface area (Å²) < 4.78 is 3.47. The fraction of sp³-hybridized carbons (Fsp3) is 0.414. The van der Waals surface area contributed by atoms with Crippen LogP contribution in [0.1, 0.15) is 47.0 Å². The third-order valence-corrected chi connectivity index (χ3v) is 9.29. The molecule has 1 aromatic carbocycles. The van der Waals surface area contributed by atoms with Gasteiger partial charge in [0, 0.05) is 91.0 Å². The second-order valence-corrected chi connectivity index (χ2v) is 11.8. The number of aryl methyl sites for hydroxylation is 2. The molecule has 1 saturated carbocycles. The molecule has 1 spiro atoms. The van der Waals surface area contributed by atoms with Gasteiger partial charge in [0.2, 0.25) is 5.91 Å². The molecule has 1 aliphatic carbocycles. The Hall–Kier alpha value is -3.92. The summed E-state index contributed by atoms with van der Waals surface area (Å²) in [6.45, 7) is 10.2. The fourth-order valence-corrected chi connectivity index (χ4v) is 6.95. The number of nitrogens with zero attached hydrogens (tertiary/aromatic N) is 6. The highest BCUT2D eigenvalue weighted by Gasteiger charge is 2.54. The molecule has 40 heavy (non-hydrogen) atoms. The molecule has 1 amide bonds. The summed E-state index contributed by atoms with van der Waals surface area (Å²) in [6, 6.07) is 3.64. The predicted molar refractivity (Wildman–Crippen MR) is 156 cm³/mol. The Kier molecular flexibility index (Phi) is 6.14. The van der Waals surface area contributed by atoms with Crippen molar-refractivity contribution in [3.05, 3.63) is 68.2 Å². The van der Waals surface area contributed by atoms with Gasteiger partial charge in [-0.2, -0.15) is 10.2 Å². The summed E-state index contributed by atoms with van der Waals surface area (Å²) in [6.07, 6.45) is 5.17. The molecule has 0 atom stereocenters. The molecular formula is C29H33ClN8O2. The summed E-state index contributed by atoms with van der Waals surface area (Å²) in [5, 5.41) is 18.4. The minimum Gasteiger partial charge on any atom is -0.398 e. The molecule has 3 aromatic rings. The molecule has 208 valence electrons. The van der Waals surface area contributed by atoms with Crippen LogP contribution >= 0.6 is 11.6 Å². The van der Waals surface area contributed by atoms with Gasteiger partial charge in [-0.05, 0) is 44.4 Å². The quantitative estimate of drug-likeness (QED) is 0.280. The Morgan fingerprint density at radius 1 is 1.23 bits per heavy atom. The lowest BCUT2D eigenvalue weighted by Crippen LogP contribution is -2.63. The minimum absolute atomic E-state index is 0.0190. The lowest BCUT2D eigenvalue weighted by atomic mass is 9.60. The van der Waals surface area contributed by atoms with Gasteiger partial charge in [-0.25, -0.2) is 4.68 Å². The number of amides is 1. The number of hydrogen-bond donors (Lipinski definition) is 2. The maximum Gasteiger partial charge on any atom is 0.266 e. The van der Waals surface area contributed by atoms with Gasteiger partial charge in [0.1, 0.15) is 0 Å². The molecular weight excluding hydrogens is 528 g/mol. The smallest absolute Gasteiger partial charge is 0.266 e. The Morgan fingerprint density at radius 3 is 2.62 bits per heavy atom. The van der Waals surface area contributed by atoms with Crippen LogP contribution in [0.15, 0.2) is 29.6 Å². The SMILES string of the molecule is C=CC(=O)N1CC2(CC(n3nc(N4CCc5nn(C)c(=O)cc5C4)c(-c4c(Cl)c(C)cc(N)c4C=N)c3C)C2)C1. The van der Waals surface area contributed by atoms with Crippen LogP contribution < -0.4 is 16.2 Å². The molecule has 10 nitrogen and oxygen atoms in total. The van der Waals surface area contributed by atoms with Crippen molar-refractivity contribution in [3.8, 4) is 11.1 Å².